The van der Waals surface area contributed by atoms with Gasteiger partial charge >= 0.3 is 5.97 Å². The average molecular weight is 503 g/mol. The summed E-state index contributed by atoms with van der Waals surface area (Å²) in [5.41, 5.74) is 2.26. The topological polar surface area (TPSA) is 114 Å². The van der Waals surface area contributed by atoms with Gasteiger partial charge in [0.25, 0.3) is 5.91 Å². The summed E-state index contributed by atoms with van der Waals surface area (Å²) in [4.78, 5) is 32.9. The summed E-state index contributed by atoms with van der Waals surface area (Å²) in [6.45, 7) is -0.111. The van der Waals surface area contributed by atoms with Crippen LogP contribution in [0.25, 0.3) is 6.08 Å². The van der Waals surface area contributed by atoms with Gasteiger partial charge in [0.2, 0.25) is 5.90 Å². The third-order valence-corrected chi connectivity index (χ3v) is 4.91. The normalized spacial score (nSPS) is 13.8. The smallest absolute Gasteiger partial charge is 0.363 e. The number of para-hydroxylation sites is 1. The maximum atomic E-state index is 12.4. The van der Waals surface area contributed by atoms with E-state index < -0.39 is 5.97 Å². The van der Waals surface area contributed by atoms with E-state index in [0.717, 1.165) is 0 Å². The lowest BCUT2D eigenvalue weighted by molar-refractivity contribution is -0.129. The summed E-state index contributed by atoms with van der Waals surface area (Å²) >= 11 is 3.29. The lowest BCUT2D eigenvalue weighted by Crippen LogP contribution is -2.12. The van der Waals surface area contributed by atoms with Crippen LogP contribution in [0.4, 0.5) is 5.69 Å². The summed E-state index contributed by atoms with van der Waals surface area (Å²) in [6, 6.07) is 17.3. The number of amides is 1. The molecule has 3 aromatic rings. The molecule has 2 aromatic carbocycles. The SMILES string of the molecule is N#CCOc1ccccc1/C=C1/N=C(c2ccc(NC(=O)c3cncc(Br)c3)cc2)OC1=O. The number of halogens is 1. The second-order valence-corrected chi connectivity index (χ2v) is 7.66. The Morgan fingerprint density at radius 1 is 1.18 bits per heavy atom. The van der Waals surface area contributed by atoms with Crippen LogP contribution in [-0.4, -0.2) is 29.4 Å². The van der Waals surface area contributed by atoms with E-state index in [-0.39, 0.29) is 24.1 Å². The summed E-state index contributed by atoms with van der Waals surface area (Å²) in [5.74, 6) is -0.289. The third kappa shape index (κ3) is 5.31. The molecule has 0 bridgehead atoms. The molecule has 0 aliphatic carbocycles. The number of aromatic nitrogens is 1. The van der Waals surface area contributed by atoms with Crippen molar-refractivity contribution < 1.29 is 19.1 Å². The number of anilines is 1. The van der Waals surface area contributed by atoms with E-state index in [1.807, 2.05) is 6.07 Å². The Labute approximate surface area is 197 Å². The summed E-state index contributed by atoms with van der Waals surface area (Å²) in [5, 5.41) is 11.5. The summed E-state index contributed by atoms with van der Waals surface area (Å²) < 4.78 is 11.4. The van der Waals surface area contributed by atoms with Crippen molar-refractivity contribution in [2.75, 3.05) is 11.9 Å². The fourth-order valence-corrected chi connectivity index (χ4v) is 3.32. The van der Waals surface area contributed by atoms with Crippen LogP contribution in [0, 0.1) is 11.3 Å². The van der Waals surface area contributed by atoms with Crippen LogP contribution in [-0.2, 0) is 9.53 Å². The number of carbonyl (C=O) groups excluding carboxylic acids is 2. The predicted molar refractivity (Wildman–Crippen MR) is 124 cm³/mol. The second kappa shape index (κ2) is 9.89. The van der Waals surface area contributed by atoms with E-state index >= 15 is 0 Å². The van der Waals surface area contributed by atoms with Gasteiger partial charge in [-0.1, -0.05) is 18.2 Å². The Balaban J connectivity index is 1.50. The molecule has 33 heavy (non-hydrogen) atoms. The second-order valence-electron chi connectivity index (χ2n) is 6.74. The maximum absolute atomic E-state index is 12.4. The average Bonchev–Trinajstić information content (AvgIpc) is 3.19. The third-order valence-electron chi connectivity index (χ3n) is 4.48. The highest BCUT2D eigenvalue weighted by atomic mass is 79.9. The number of cyclic esters (lactones) is 1. The van der Waals surface area contributed by atoms with Gasteiger partial charge < -0.3 is 14.8 Å². The molecule has 162 valence electrons. The number of hydrogen-bond acceptors (Lipinski definition) is 7. The molecule has 1 aromatic heterocycles. The van der Waals surface area contributed by atoms with Crippen molar-refractivity contribution in [2.24, 2.45) is 4.99 Å². The Hall–Kier alpha value is -4.29. The van der Waals surface area contributed by atoms with Crippen LogP contribution in [0.3, 0.4) is 0 Å². The number of pyridine rings is 1. The van der Waals surface area contributed by atoms with Gasteiger partial charge in [0.05, 0.1) is 5.56 Å². The Bertz CT molecular complexity index is 1330. The van der Waals surface area contributed by atoms with Gasteiger partial charge in [0.1, 0.15) is 11.8 Å². The quantitative estimate of drug-likeness (QED) is 0.396. The standard InChI is InChI=1S/C24H15BrN4O4/c25-18-11-17(13-27-14-18)22(30)28-19-7-5-15(6-8-19)23-29-20(24(31)33-23)12-16-3-1-2-4-21(16)32-10-9-26/h1-8,11-14H,10H2,(H,28,30)/b20-12+. The van der Waals surface area contributed by atoms with Crippen molar-refractivity contribution >= 4 is 45.5 Å². The van der Waals surface area contributed by atoms with Crippen LogP contribution in [0.1, 0.15) is 21.5 Å². The zero-order valence-corrected chi connectivity index (χ0v) is 18.6. The number of nitrogens with one attached hydrogen (secondary N) is 1. The van der Waals surface area contributed by atoms with Gasteiger partial charge in [-0.15, -0.1) is 0 Å². The van der Waals surface area contributed by atoms with Crippen LogP contribution in [0.5, 0.6) is 5.75 Å². The zero-order chi connectivity index (χ0) is 23.2. The number of aliphatic imine (C=N–C) groups is 1. The van der Waals surface area contributed by atoms with Crippen molar-refractivity contribution in [3.63, 3.8) is 0 Å². The molecule has 0 saturated carbocycles. The van der Waals surface area contributed by atoms with Crippen LogP contribution in [0.2, 0.25) is 0 Å². The van der Waals surface area contributed by atoms with E-state index in [0.29, 0.717) is 32.6 Å². The minimum atomic E-state index is -0.598. The molecule has 1 aliphatic rings. The Morgan fingerprint density at radius 2 is 1.97 bits per heavy atom. The first-order valence-corrected chi connectivity index (χ1v) is 10.5. The molecule has 2 heterocycles. The van der Waals surface area contributed by atoms with Crippen LogP contribution in [0.15, 0.2) is 82.2 Å². The predicted octanol–water partition coefficient (Wildman–Crippen LogP) is 4.34. The molecule has 1 amide bonds. The number of esters is 1. The highest BCUT2D eigenvalue weighted by molar-refractivity contribution is 9.10. The highest BCUT2D eigenvalue weighted by Crippen LogP contribution is 2.25. The molecule has 0 saturated heterocycles. The molecule has 4 rings (SSSR count). The number of hydrogen-bond donors (Lipinski definition) is 1. The summed E-state index contributed by atoms with van der Waals surface area (Å²) in [6.07, 6.45) is 4.61. The van der Waals surface area contributed by atoms with Crippen LogP contribution < -0.4 is 10.1 Å². The van der Waals surface area contributed by atoms with E-state index in [9.17, 15) is 9.59 Å². The van der Waals surface area contributed by atoms with Crippen molar-refractivity contribution in [3.8, 4) is 11.8 Å². The number of ether oxygens (including phenoxy) is 2. The van der Waals surface area contributed by atoms with Crippen molar-refractivity contribution in [3.05, 3.63) is 93.9 Å². The molecule has 1 N–H and O–H groups in total. The molecule has 9 heteroatoms. The van der Waals surface area contributed by atoms with Gasteiger partial charge in [0.15, 0.2) is 12.3 Å². The van der Waals surface area contributed by atoms with E-state index in [1.54, 1.807) is 66.9 Å². The van der Waals surface area contributed by atoms with Crippen molar-refractivity contribution in [1.82, 2.24) is 4.98 Å². The lowest BCUT2D eigenvalue weighted by Gasteiger charge is -2.06. The largest absolute Gasteiger partial charge is 0.478 e. The van der Waals surface area contributed by atoms with E-state index in [2.05, 4.69) is 31.2 Å². The maximum Gasteiger partial charge on any atom is 0.363 e. The number of benzene rings is 2. The number of nitrogens with zero attached hydrogens (tertiary/aromatic N) is 3. The van der Waals surface area contributed by atoms with Gasteiger partial charge in [-0.05, 0) is 58.4 Å². The number of carbonyl (C=O) groups is 2. The molecule has 0 spiro atoms. The lowest BCUT2D eigenvalue weighted by atomic mass is 10.1. The zero-order valence-electron chi connectivity index (χ0n) is 17.0. The molecular weight excluding hydrogens is 488 g/mol. The molecule has 8 nitrogen and oxygen atoms in total. The molecule has 0 radical (unpaired) electrons. The first-order chi connectivity index (χ1) is 16.0. The van der Waals surface area contributed by atoms with Gasteiger partial charge in [0, 0.05) is 33.7 Å². The minimum Gasteiger partial charge on any atom is -0.478 e. The molecule has 0 atom stereocenters. The molecule has 0 fully saturated rings. The van der Waals surface area contributed by atoms with Crippen molar-refractivity contribution in [2.45, 2.75) is 0 Å². The van der Waals surface area contributed by atoms with Crippen LogP contribution >= 0.6 is 15.9 Å². The Morgan fingerprint density at radius 3 is 2.73 bits per heavy atom. The Kier molecular flexibility index (Phi) is 6.57. The monoisotopic (exact) mass is 502 g/mol. The number of rotatable bonds is 6. The van der Waals surface area contributed by atoms with Gasteiger partial charge in [-0.3, -0.25) is 9.78 Å². The van der Waals surface area contributed by atoms with E-state index in [1.165, 1.54) is 6.20 Å². The first kappa shape index (κ1) is 21.9. The van der Waals surface area contributed by atoms with Crippen molar-refractivity contribution in [1.29, 1.82) is 5.26 Å². The minimum absolute atomic E-state index is 0.109. The fourth-order valence-electron chi connectivity index (χ4n) is 2.96. The summed E-state index contributed by atoms with van der Waals surface area (Å²) in [7, 11) is 0. The van der Waals surface area contributed by atoms with Gasteiger partial charge in [-0.25, -0.2) is 9.79 Å². The first-order valence-electron chi connectivity index (χ1n) is 9.67. The fraction of sp³-hybridized carbons (Fsp3) is 0.0417. The molecule has 1 aliphatic heterocycles. The molecule has 0 unspecified atom stereocenters. The number of nitriles is 1. The van der Waals surface area contributed by atoms with E-state index in [4.69, 9.17) is 14.7 Å². The molecular formula is C24H15BrN4O4. The van der Waals surface area contributed by atoms with Gasteiger partial charge in [-0.2, -0.15) is 5.26 Å². The highest BCUT2D eigenvalue weighted by Gasteiger charge is 2.24.